The second-order valence-electron chi connectivity index (χ2n) is 8.57. The van der Waals surface area contributed by atoms with Crippen molar-refractivity contribution in [1.29, 1.82) is 0 Å². The summed E-state index contributed by atoms with van der Waals surface area (Å²) in [7, 11) is 0. The van der Waals surface area contributed by atoms with Crippen molar-refractivity contribution in [3.05, 3.63) is 118 Å². The number of hydrogen-bond donors (Lipinski definition) is 2. The van der Waals surface area contributed by atoms with Crippen molar-refractivity contribution in [3.63, 3.8) is 0 Å². The zero-order valence-electron chi connectivity index (χ0n) is 22.1. The quantitative estimate of drug-likeness (QED) is 0.142. The number of rotatable bonds is 12. The van der Waals surface area contributed by atoms with Crippen LogP contribution in [-0.2, 0) is 11.4 Å². The van der Waals surface area contributed by atoms with Gasteiger partial charge in [-0.3, -0.25) is 9.59 Å². The fraction of sp³-hybridized carbons (Fsp3) is 0.129. The smallest absolute Gasteiger partial charge is 0.271 e. The van der Waals surface area contributed by atoms with Crippen LogP contribution in [0.15, 0.2) is 101 Å². The van der Waals surface area contributed by atoms with Crippen molar-refractivity contribution in [3.8, 4) is 17.2 Å². The Labute approximate surface area is 245 Å². The molecular weight excluding hydrogens is 593 g/mol. The van der Waals surface area contributed by atoms with Gasteiger partial charge >= 0.3 is 0 Å². The van der Waals surface area contributed by atoms with Gasteiger partial charge in [0.25, 0.3) is 11.8 Å². The molecule has 0 saturated carbocycles. The average Bonchev–Trinajstić information content (AvgIpc) is 2.98. The molecule has 8 nitrogen and oxygen atoms in total. The number of anilines is 1. The van der Waals surface area contributed by atoms with E-state index in [2.05, 4.69) is 31.8 Å². The molecular formula is C31H27BrFN3O5. The maximum absolute atomic E-state index is 13.8. The highest BCUT2D eigenvalue weighted by molar-refractivity contribution is 9.10. The molecule has 0 aliphatic carbocycles. The first kappa shape index (κ1) is 29.3. The summed E-state index contributed by atoms with van der Waals surface area (Å²) in [5.41, 5.74) is 4.38. The van der Waals surface area contributed by atoms with Crippen molar-refractivity contribution in [2.24, 2.45) is 5.10 Å². The van der Waals surface area contributed by atoms with E-state index in [1.807, 2.05) is 37.3 Å². The second kappa shape index (κ2) is 14.6. The number of carbonyl (C=O) groups is 2. The van der Waals surface area contributed by atoms with E-state index in [1.165, 1.54) is 24.4 Å². The first-order valence-electron chi connectivity index (χ1n) is 12.7. The number of nitrogens with zero attached hydrogens (tertiary/aromatic N) is 1. The van der Waals surface area contributed by atoms with Gasteiger partial charge in [-0.25, -0.2) is 9.82 Å². The molecule has 0 saturated heterocycles. The van der Waals surface area contributed by atoms with Crippen LogP contribution in [0.3, 0.4) is 0 Å². The van der Waals surface area contributed by atoms with Gasteiger partial charge in [0.15, 0.2) is 18.1 Å². The molecule has 10 heteroatoms. The molecule has 0 fully saturated rings. The summed E-state index contributed by atoms with van der Waals surface area (Å²) in [6.45, 7) is 2.24. The lowest BCUT2D eigenvalue weighted by Crippen LogP contribution is -2.21. The van der Waals surface area contributed by atoms with Gasteiger partial charge in [0, 0.05) is 15.6 Å². The van der Waals surface area contributed by atoms with E-state index in [0.29, 0.717) is 41.6 Å². The van der Waals surface area contributed by atoms with Crippen LogP contribution < -0.4 is 25.0 Å². The monoisotopic (exact) mass is 619 g/mol. The Bertz CT molecular complexity index is 1530. The number of hydrogen-bond acceptors (Lipinski definition) is 6. The van der Waals surface area contributed by atoms with Gasteiger partial charge < -0.3 is 19.5 Å². The lowest BCUT2D eigenvalue weighted by Gasteiger charge is -2.13. The molecule has 0 unspecified atom stereocenters. The van der Waals surface area contributed by atoms with Crippen molar-refractivity contribution in [1.82, 2.24) is 5.43 Å². The summed E-state index contributed by atoms with van der Waals surface area (Å²) >= 11 is 3.39. The molecule has 210 valence electrons. The third-order valence-electron chi connectivity index (χ3n) is 5.59. The van der Waals surface area contributed by atoms with E-state index < -0.39 is 17.6 Å². The zero-order valence-corrected chi connectivity index (χ0v) is 23.7. The summed E-state index contributed by atoms with van der Waals surface area (Å²) in [6, 6.07) is 25.6. The lowest BCUT2D eigenvalue weighted by molar-refractivity contribution is -0.118. The predicted molar refractivity (Wildman–Crippen MR) is 158 cm³/mol. The number of halogens is 2. The molecule has 2 amide bonds. The van der Waals surface area contributed by atoms with Gasteiger partial charge in [0.1, 0.15) is 18.2 Å². The van der Waals surface area contributed by atoms with Crippen LogP contribution in [0.4, 0.5) is 10.1 Å². The Balaban J connectivity index is 1.38. The minimum Gasteiger partial charge on any atom is -0.490 e. The van der Waals surface area contributed by atoms with Gasteiger partial charge in [-0.15, -0.1) is 0 Å². The molecule has 0 heterocycles. The third kappa shape index (κ3) is 8.64. The third-order valence-corrected chi connectivity index (χ3v) is 6.08. The number of nitrogens with one attached hydrogen (secondary N) is 2. The summed E-state index contributed by atoms with van der Waals surface area (Å²) in [4.78, 5) is 25.1. The molecule has 0 spiro atoms. The van der Waals surface area contributed by atoms with E-state index in [1.54, 1.807) is 42.5 Å². The van der Waals surface area contributed by atoms with Crippen molar-refractivity contribution < 1.29 is 28.2 Å². The summed E-state index contributed by atoms with van der Waals surface area (Å²) in [5.74, 6) is -0.236. The number of ether oxygens (including phenoxy) is 3. The van der Waals surface area contributed by atoms with Gasteiger partial charge in [-0.1, -0.05) is 58.4 Å². The fourth-order valence-electron chi connectivity index (χ4n) is 3.64. The molecule has 0 aliphatic heterocycles. The first-order valence-corrected chi connectivity index (χ1v) is 13.5. The minimum absolute atomic E-state index is 0.0599. The van der Waals surface area contributed by atoms with E-state index in [9.17, 15) is 14.0 Å². The van der Waals surface area contributed by atoms with Crippen LogP contribution in [0.5, 0.6) is 17.2 Å². The SMILES string of the molecule is CCOc1cc(C(=O)N/N=C/c2cc(Br)ccc2OCC(=O)Nc2ccccc2F)ccc1OCc1ccccc1. The molecule has 0 atom stereocenters. The lowest BCUT2D eigenvalue weighted by atomic mass is 10.2. The number of hydrazone groups is 1. The van der Waals surface area contributed by atoms with Crippen LogP contribution in [0, 0.1) is 5.82 Å². The number of benzene rings is 4. The van der Waals surface area contributed by atoms with Gasteiger partial charge in [0.05, 0.1) is 18.5 Å². The standard InChI is InChI=1S/C31H27BrFN3O5/c1-2-39-29-17-22(12-14-28(29)40-19-21-8-4-3-5-9-21)31(38)36-34-18-23-16-24(32)13-15-27(23)41-20-30(37)35-26-11-7-6-10-25(26)33/h3-18H,2,19-20H2,1H3,(H,35,37)(H,36,38)/b34-18+. The van der Waals surface area contributed by atoms with Crippen molar-refractivity contribution in [2.75, 3.05) is 18.5 Å². The molecule has 0 bridgehead atoms. The normalized spacial score (nSPS) is 10.7. The zero-order chi connectivity index (χ0) is 29.0. The molecule has 0 aliphatic rings. The summed E-state index contributed by atoms with van der Waals surface area (Å²) in [5, 5.41) is 6.52. The molecule has 0 radical (unpaired) electrons. The highest BCUT2D eigenvalue weighted by Gasteiger charge is 2.13. The van der Waals surface area contributed by atoms with Crippen LogP contribution in [0.1, 0.15) is 28.4 Å². The van der Waals surface area contributed by atoms with Crippen molar-refractivity contribution in [2.45, 2.75) is 13.5 Å². The molecule has 4 rings (SSSR count). The molecule has 4 aromatic rings. The molecule has 0 aromatic heterocycles. The van der Waals surface area contributed by atoms with Crippen LogP contribution in [0.2, 0.25) is 0 Å². The van der Waals surface area contributed by atoms with Gasteiger partial charge in [-0.05, 0) is 61.0 Å². The number of carbonyl (C=O) groups excluding carboxylic acids is 2. The topological polar surface area (TPSA) is 98.3 Å². The Morgan fingerprint density at radius 3 is 2.41 bits per heavy atom. The van der Waals surface area contributed by atoms with Crippen LogP contribution >= 0.6 is 15.9 Å². The Morgan fingerprint density at radius 2 is 1.63 bits per heavy atom. The average molecular weight is 620 g/mol. The maximum atomic E-state index is 13.8. The summed E-state index contributed by atoms with van der Waals surface area (Å²) in [6.07, 6.45) is 1.40. The second-order valence-corrected chi connectivity index (χ2v) is 9.48. The van der Waals surface area contributed by atoms with Crippen LogP contribution in [0.25, 0.3) is 0 Å². The highest BCUT2D eigenvalue weighted by atomic mass is 79.9. The van der Waals surface area contributed by atoms with Gasteiger partial charge in [0.2, 0.25) is 0 Å². The molecule has 41 heavy (non-hydrogen) atoms. The van der Waals surface area contributed by atoms with E-state index >= 15 is 0 Å². The van der Waals surface area contributed by atoms with E-state index in [0.717, 1.165) is 10.0 Å². The van der Waals surface area contributed by atoms with E-state index in [4.69, 9.17) is 14.2 Å². The predicted octanol–water partition coefficient (Wildman–Crippen LogP) is 6.35. The van der Waals surface area contributed by atoms with E-state index in [-0.39, 0.29) is 12.3 Å². The largest absolute Gasteiger partial charge is 0.490 e. The van der Waals surface area contributed by atoms with Gasteiger partial charge in [-0.2, -0.15) is 5.10 Å². The minimum atomic E-state index is -0.546. The molecule has 4 aromatic carbocycles. The van der Waals surface area contributed by atoms with Crippen molar-refractivity contribution >= 4 is 39.6 Å². The molecule has 2 N–H and O–H groups in total. The number of para-hydroxylation sites is 1. The fourth-order valence-corrected chi connectivity index (χ4v) is 4.02. The first-order chi connectivity index (χ1) is 19.9. The highest BCUT2D eigenvalue weighted by Crippen LogP contribution is 2.29. The maximum Gasteiger partial charge on any atom is 0.271 e. The Morgan fingerprint density at radius 1 is 0.878 bits per heavy atom. The summed E-state index contributed by atoms with van der Waals surface area (Å²) < 4.78 is 31.8. The Hall–Kier alpha value is -4.70. The Kier molecular flexibility index (Phi) is 10.4. The van der Waals surface area contributed by atoms with Crippen LogP contribution in [-0.4, -0.2) is 31.2 Å². The number of amides is 2.